The number of carboxylic acids is 1. The monoisotopic (exact) mass is 672 g/mol. The molecule has 4 amide bonds. The number of hydrogen-bond acceptors (Lipinski definition) is 6. The summed E-state index contributed by atoms with van der Waals surface area (Å²) in [5.74, 6) is -3.01. The molecule has 48 heavy (non-hydrogen) atoms. The molecule has 0 radical (unpaired) electrons. The molecular weight excluding hydrogens is 612 g/mol. The summed E-state index contributed by atoms with van der Waals surface area (Å²) in [6.07, 6.45) is 17.3. The second-order valence-corrected chi connectivity index (χ2v) is 13.5. The molecule has 0 saturated carbocycles. The van der Waals surface area contributed by atoms with Gasteiger partial charge in [0, 0.05) is 19.4 Å². The first-order chi connectivity index (χ1) is 23.0. The number of aliphatic carboxylic acids is 1. The fraction of sp³-hybridized carbons (Fsp3) is 0.703. The van der Waals surface area contributed by atoms with Crippen LogP contribution in [-0.4, -0.2) is 75.9 Å². The predicted molar refractivity (Wildman–Crippen MR) is 186 cm³/mol. The van der Waals surface area contributed by atoms with Gasteiger partial charge in [-0.3, -0.25) is 19.2 Å². The third kappa shape index (κ3) is 15.5. The van der Waals surface area contributed by atoms with E-state index in [0.29, 0.717) is 31.4 Å². The van der Waals surface area contributed by atoms with Gasteiger partial charge in [0.05, 0.1) is 6.54 Å². The molecule has 0 aliphatic carbocycles. The van der Waals surface area contributed by atoms with Gasteiger partial charge in [-0.15, -0.1) is 0 Å². The third-order valence-corrected chi connectivity index (χ3v) is 9.03. The van der Waals surface area contributed by atoms with Crippen LogP contribution < -0.4 is 16.0 Å². The summed E-state index contributed by atoms with van der Waals surface area (Å²) in [6.45, 7) is 5.89. The molecule has 1 aromatic carbocycles. The Morgan fingerprint density at radius 1 is 0.812 bits per heavy atom. The van der Waals surface area contributed by atoms with Crippen LogP contribution in [0.4, 0.5) is 0 Å². The van der Waals surface area contributed by atoms with Crippen molar-refractivity contribution in [1.29, 1.82) is 0 Å². The minimum atomic E-state index is -1.23. The molecule has 11 nitrogen and oxygen atoms in total. The van der Waals surface area contributed by atoms with Gasteiger partial charge in [0.1, 0.15) is 23.9 Å². The van der Waals surface area contributed by atoms with Crippen LogP contribution >= 0.6 is 0 Å². The normalized spacial score (nSPS) is 15.6. The Morgan fingerprint density at radius 2 is 1.38 bits per heavy atom. The molecule has 270 valence electrons. The van der Waals surface area contributed by atoms with Crippen molar-refractivity contribution in [3.05, 3.63) is 29.8 Å². The zero-order chi connectivity index (χ0) is 35.3. The molecule has 11 heteroatoms. The second kappa shape index (κ2) is 22.9. The van der Waals surface area contributed by atoms with Crippen molar-refractivity contribution < 1.29 is 34.2 Å². The highest BCUT2D eigenvalue weighted by Crippen LogP contribution is 2.21. The number of aromatic hydroxyl groups is 1. The number of nitrogens with one attached hydrogen (secondary N) is 3. The largest absolute Gasteiger partial charge is 0.508 e. The molecule has 2 rings (SSSR count). The predicted octanol–water partition coefficient (Wildman–Crippen LogP) is 5.23. The van der Waals surface area contributed by atoms with Crippen molar-refractivity contribution >= 4 is 29.6 Å². The lowest BCUT2D eigenvalue weighted by Gasteiger charge is -2.30. The van der Waals surface area contributed by atoms with E-state index in [1.165, 1.54) is 81.2 Å². The van der Waals surface area contributed by atoms with E-state index in [1.54, 1.807) is 12.1 Å². The standard InChI is InChI=1S/C37H60N4O7/c1-4-5-6-7-8-9-10-11-12-13-14-15-16-19-32(43)40-34(27(2)3)36(46)41-24-17-18-31(41)35(45)38-26-33(44)39-30(37(47)48)25-28-20-22-29(42)23-21-28/h20-23,27,30-31,34,42H,4-19,24-26H2,1-3H3,(H,38,45)(H,39,44)(H,40,43)(H,47,48)/t30?,31-,34?/m0/s1. The zero-order valence-electron chi connectivity index (χ0n) is 29.4. The number of rotatable bonds is 24. The Labute approximate surface area is 287 Å². The van der Waals surface area contributed by atoms with E-state index in [1.807, 2.05) is 13.8 Å². The van der Waals surface area contributed by atoms with E-state index in [-0.39, 0.29) is 29.9 Å². The first-order valence-corrected chi connectivity index (χ1v) is 18.2. The van der Waals surface area contributed by atoms with Crippen molar-refractivity contribution in [3.63, 3.8) is 0 Å². The lowest BCUT2D eigenvalue weighted by Crippen LogP contribution is -2.56. The van der Waals surface area contributed by atoms with Gasteiger partial charge in [-0.05, 0) is 42.9 Å². The van der Waals surface area contributed by atoms with Crippen molar-refractivity contribution in [2.45, 2.75) is 148 Å². The maximum Gasteiger partial charge on any atom is 0.326 e. The Hall–Kier alpha value is -3.63. The number of hydrogen-bond donors (Lipinski definition) is 5. The average Bonchev–Trinajstić information content (AvgIpc) is 3.55. The Balaban J connectivity index is 1.73. The molecule has 2 unspecified atom stereocenters. The van der Waals surface area contributed by atoms with Crippen molar-refractivity contribution in [3.8, 4) is 5.75 Å². The van der Waals surface area contributed by atoms with Gasteiger partial charge in [-0.25, -0.2) is 4.79 Å². The first kappa shape index (κ1) is 40.5. The molecule has 3 atom stereocenters. The van der Waals surface area contributed by atoms with Crippen molar-refractivity contribution in [2.24, 2.45) is 5.92 Å². The number of amides is 4. The van der Waals surface area contributed by atoms with Crippen molar-refractivity contribution in [1.82, 2.24) is 20.9 Å². The number of unbranched alkanes of at least 4 members (excludes halogenated alkanes) is 12. The lowest BCUT2D eigenvalue weighted by atomic mass is 10.0. The Morgan fingerprint density at radius 3 is 1.92 bits per heavy atom. The van der Waals surface area contributed by atoms with Gasteiger partial charge in [0.15, 0.2) is 0 Å². The van der Waals surface area contributed by atoms with Crippen LogP contribution in [0.25, 0.3) is 0 Å². The fourth-order valence-electron chi connectivity index (χ4n) is 6.14. The van der Waals surface area contributed by atoms with Crippen LogP contribution in [0.3, 0.4) is 0 Å². The number of carboxylic acid groups (broad SMARTS) is 1. The van der Waals surface area contributed by atoms with Crippen LogP contribution in [0.1, 0.15) is 129 Å². The lowest BCUT2D eigenvalue weighted by molar-refractivity contribution is -0.143. The minimum Gasteiger partial charge on any atom is -0.508 e. The van der Waals surface area contributed by atoms with Crippen LogP contribution in [0.15, 0.2) is 24.3 Å². The molecular formula is C37H60N4O7. The van der Waals surface area contributed by atoms with E-state index in [4.69, 9.17) is 0 Å². The summed E-state index contributed by atoms with van der Waals surface area (Å²) in [5.41, 5.74) is 0.612. The fourth-order valence-corrected chi connectivity index (χ4v) is 6.14. The first-order valence-electron chi connectivity index (χ1n) is 18.2. The number of benzene rings is 1. The summed E-state index contributed by atoms with van der Waals surface area (Å²) >= 11 is 0. The highest BCUT2D eigenvalue weighted by Gasteiger charge is 2.38. The molecule has 1 aliphatic rings. The van der Waals surface area contributed by atoms with Gasteiger partial charge in [0.25, 0.3) is 0 Å². The second-order valence-electron chi connectivity index (χ2n) is 13.5. The Bertz CT molecular complexity index is 1140. The molecule has 1 heterocycles. The van der Waals surface area contributed by atoms with E-state index >= 15 is 0 Å². The number of carbonyl (C=O) groups is 5. The molecule has 1 saturated heterocycles. The number of carbonyl (C=O) groups excluding carboxylic acids is 4. The Kier molecular flexibility index (Phi) is 19.3. The summed E-state index contributed by atoms with van der Waals surface area (Å²) in [6, 6.07) is 3.24. The average molecular weight is 673 g/mol. The highest BCUT2D eigenvalue weighted by molar-refractivity contribution is 5.94. The van der Waals surface area contributed by atoms with E-state index < -0.39 is 42.5 Å². The van der Waals surface area contributed by atoms with E-state index in [0.717, 1.165) is 19.3 Å². The number of nitrogens with zero attached hydrogens (tertiary/aromatic N) is 1. The minimum absolute atomic E-state index is 0.00186. The van der Waals surface area contributed by atoms with Gasteiger partial charge in [-0.1, -0.05) is 110 Å². The van der Waals surface area contributed by atoms with Gasteiger partial charge in [-0.2, -0.15) is 0 Å². The quantitative estimate of drug-likeness (QED) is 0.0938. The van der Waals surface area contributed by atoms with Crippen molar-refractivity contribution in [2.75, 3.05) is 13.1 Å². The smallest absolute Gasteiger partial charge is 0.326 e. The van der Waals surface area contributed by atoms with Crippen LogP contribution in [0, 0.1) is 5.92 Å². The van der Waals surface area contributed by atoms with Gasteiger partial charge < -0.3 is 31.1 Å². The molecule has 1 fully saturated rings. The maximum atomic E-state index is 13.6. The summed E-state index contributed by atoms with van der Waals surface area (Å²) in [7, 11) is 0. The van der Waals surface area contributed by atoms with E-state index in [9.17, 15) is 34.2 Å². The number of phenols is 1. The summed E-state index contributed by atoms with van der Waals surface area (Å²) in [4.78, 5) is 65.1. The SMILES string of the molecule is CCCCCCCCCCCCCCCC(=O)NC(C(=O)N1CCC[C@H]1C(=O)NCC(=O)NC(Cc1ccc(O)cc1)C(=O)O)C(C)C. The third-order valence-electron chi connectivity index (χ3n) is 9.03. The van der Waals surface area contributed by atoms with E-state index in [2.05, 4.69) is 22.9 Å². The van der Waals surface area contributed by atoms with Crippen LogP contribution in [0.2, 0.25) is 0 Å². The van der Waals surface area contributed by atoms with Gasteiger partial charge >= 0.3 is 5.97 Å². The zero-order valence-corrected chi connectivity index (χ0v) is 29.4. The summed E-state index contributed by atoms with van der Waals surface area (Å²) < 4.78 is 0. The molecule has 0 aromatic heterocycles. The number of phenolic OH excluding ortho intramolecular Hbond substituents is 1. The molecule has 0 spiro atoms. The number of likely N-dealkylation sites (tertiary alicyclic amines) is 1. The molecule has 5 N–H and O–H groups in total. The van der Waals surface area contributed by atoms with Crippen LogP contribution in [0.5, 0.6) is 5.75 Å². The highest BCUT2D eigenvalue weighted by atomic mass is 16.4. The summed E-state index contributed by atoms with van der Waals surface area (Å²) in [5, 5.41) is 26.9. The molecule has 0 bridgehead atoms. The van der Waals surface area contributed by atoms with Gasteiger partial charge in [0.2, 0.25) is 23.6 Å². The molecule has 1 aliphatic heterocycles. The van der Waals surface area contributed by atoms with Crippen LogP contribution in [-0.2, 0) is 30.4 Å². The topological polar surface area (TPSA) is 165 Å². The maximum absolute atomic E-state index is 13.6. The molecule has 1 aromatic rings.